The molecule has 0 saturated carbocycles. The van der Waals surface area contributed by atoms with Gasteiger partial charge >= 0.3 is 0 Å². The minimum Gasteiger partial charge on any atom is -0.399 e. The number of carbonyl (C=O) groups is 2. The number of halogens is 2. The van der Waals surface area contributed by atoms with Crippen LogP contribution in [0.2, 0.25) is 5.02 Å². The van der Waals surface area contributed by atoms with E-state index in [-0.39, 0.29) is 28.9 Å². The van der Waals surface area contributed by atoms with Crippen LogP contribution in [-0.2, 0) is 6.42 Å². The van der Waals surface area contributed by atoms with Crippen LogP contribution in [0.4, 0.5) is 5.69 Å². The highest BCUT2D eigenvalue weighted by Gasteiger charge is 2.12. The van der Waals surface area contributed by atoms with Crippen LogP contribution < -0.4 is 16.8 Å². The van der Waals surface area contributed by atoms with Gasteiger partial charge in [-0.3, -0.25) is 9.59 Å². The lowest BCUT2D eigenvalue weighted by Gasteiger charge is -2.08. The quantitative estimate of drug-likeness (QED) is 0.719. The van der Waals surface area contributed by atoms with Gasteiger partial charge in [0.1, 0.15) is 0 Å². The van der Waals surface area contributed by atoms with Crippen molar-refractivity contribution in [2.75, 3.05) is 12.3 Å². The lowest BCUT2D eigenvalue weighted by atomic mass is 10.1. The van der Waals surface area contributed by atoms with Gasteiger partial charge in [-0.1, -0.05) is 29.8 Å². The van der Waals surface area contributed by atoms with Gasteiger partial charge in [0.15, 0.2) is 0 Å². The maximum Gasteiger partial charge on any atom is 0.251 e. The molecule has 5 N–H and O–H groups in total. The molecule has 2 aromatic carbocycles. The van der Waals surface area contributed by atoms with Crippen LogP contribution in [0.15, 0.2) is 42.5 Å². The zero-order valence-corrected chi connectivity index (χ0v) is 13.8. The predicted octanol–water partition coefficient (Wildman–Crippen LogP) is 2.42. The van der Waals surface area contributed by atoms with Crippen LogP contribution in [0.3, 0.4) is 0 Å². The molecule has 7 heteroatoms. The van der Waals surface area contributed by atoms with Gasteiger partial charge in [0.2, 0.25) is 5.91 Å². The fraction of sp³-hybridized carbons (Fsp3) is 0.125. The van der Waals surface area contributed by atoms with Crippen LogP contribution >= 0.6 is 24.0 Å². The molecule has 2 aromatic rings. The Bertz CT molecular complexity index is 720. The summed E-state index contributed by atoms with van der Waals surface area (Å²) in [6.45, 7) is 0.432. The van der Waals surface area contributed by atoms with Gasteiger partial charge in [0.05, 0.1) is 10.6 Å². The Hall–Kier alpha value is -2.24. The van der Waals surface area contributed by atoms with Crippen LogP contribution in [0.5, 0.6) is 0 Å². The zero-order valence-electron chi connectivity index (χ0n) is 12.2. The highest BCUT2D eigenvalue weighted by Crippen LogP contribution is 2.17. The van der Waals surface area contributed by atoms with E-state index in [9.17, 15) is 9.59 Å². The fourth-order valence-corrected chi connectivity index (χ4v) is 2.24. The Morgan fingerprint density at radius 3 is 2.48 bits per heavy atom. The molecule has 2 rings (SSSR count). The van der Waals surface area contributed by atoms with Crippen molar-refractivity contribution >= 4 is 41.5 Å². The third-order valence-electron chi connectivity index (χ3n) is 3.23. The molecule has 2 amide bonds. The summed E-state index contributed by atoms with van der Waals surface area (Å²) in [5.74, 6) is -0.967. The van der Waals surface area contributed by atoms with E-state index in [1.54, 1.807) is 6.07 Å². The molecular formula is C16H17Cl2N3O2. The maximum absolute atomic E-state index is 12.1. The summed E-state index contributed by atoms with van der Waals surface area (Å²) >= 11 is 5.85. The molecule has 0 aliphatic rings. The SMILES string of the molecule is Cl.NC(=O)c1cc(C(=O)NCCc2ccccc2N)ccc1Cl. The third-order valence-corrected chi connectivity index (χ3v) is 3.56. The molecule has 0 aromatic heterocycles. The molecule has 0 spiro atoms. The van der Waals surface area contributed by atoms with E-state index < -0.39 is 5.91 Å². The largest absolute Gasteiger partial charge is 0.399 e. The average molecular weight is 354 g/mol. The van der Waals surface area contributed by atoms with Crippen LogP contribution in [-0.4, -0.2) is 18.4 Å². The number of nitrogens with one attached hydrogen (secondary N) is 1. The zero-order chi connectivity index (χ0) is 16.1. The number of anilines is 1. The van der Waals surface area contributed by atoms with E-state index in [2.05, 4.69) is 5.32 Å². The standard InChI is InChI=1S/C16H16ClN3O2.ClH/c17-13-6-5-11(9-12(13)15(19)21)16(22)20-8-7-10-3-1-2-4-14(10)18;/h1-6,9H,7-8,18H2,(H2,19,21)(H,20,22);1H. The van der Waals surface area contributed by atoms with E-state index in [1.165, 1.54) is 12.1 Å². The Labute approximate surface area is 145 Å². The number of carbonyl (C=O) groups excluding carboxylic acids is 2. The van der Waals surface area contributed by atoms with Crippen LogP contribution in [0.25, 0.3) is 0 Å². The second kappa shape index (κ2) is 8.41. The Kier molecular flexibility index (Phi) is 6.88. The Morgan fingerprint density at radius 2 is 1.83 bits per heavy atom. The van der Waals surface area contributed by atoms with Crippen molar-refractivity contribution in [3.8, 4) is 0 Å². The van der Waals surface area contributed by atoms with Crippen molar-refractivity contribution in [3.63, 3.8) is 0 Å². The third kappa shape index (κ3) is 4.87. The lowest BCUT2D eigenvalue weighted by molar-refractivity contribution is 0.0954. The monoisotopic (exact) mass is 353 g/mol. The van der Waals surface area contributed by atoms with E-state index in [1.807, 2.05) is 24.3 Å². The first-order valence-corrected chi connectivity index (χ1v) is 7.08. The summed E-state index contributed by atoms with van der Waals surface area (Å²) in [7, 11) is 0. The van der Waals surface area contributed by atoms with E-state index in [0.717, 1.165) is 5.56 Å². The second-order valence-electron chi connectivity index (χ2n) is 4.76. The summed E-state index contributed by atoms with van der Waals surface area (Å²) in [5.41, 5.74) is 13.2. The number of nitrogen functional groups attached to an aromatic ring is 1. The molecule has 23 heavy (non-hydrogen) atoms. The molecule has 0 atom stereocenters. The van der Waals surface area contributed by atoms with E-state index in [4.69, 9.17) is 23.1 Å². The number of nitrogens with two attached hydrogens (primary N) is 2. The van der Waals surface area contributed by atoms with Gasteiger partial charge < -0.3 is 16.8 Å². The molecule has 0 heterocycles. The topological polar surface area (TPSA) is 98.2 Å². The van der Waals surface area contributed by atoms with Crippen molar-refractivity contribution in [2.24, 2.45) is 5.73 Å². The molecule has 0 unspecified atom stereocenters. The first kappa shape index (κ1) is 18.8. The number of primary amides is 1. The van der Waals surface area contributed by atoms with Gasteiger partial charge in [-0.2, -0.15) is 0 Å². The van der Waals surface area contributed by atoms with Gasteiger partial charge in [-0.15, -0.1) is 12.4 Å². The minimum absolute atomic E-state index is 0. The molecule has 122 valence electrons. The maximum atomic E-state index is 12.1. The highest BCUT2D eigenvalue weighted by atomic mass is 35.5. The summed E-state index contributed by atoms with van der Waals surface area (Å²) in [6.07, 6.45) is 0.620. The van der Waals surface area contributed by atoms with Crippen molar-refractivity contribution in [3.05, 3.63) is 64.2 Å². The number of benzene rings is 2. The number of hydrogen-bond donors (Lipinski definition) is 3. The average Bonchev–Trinajstić information content (AvgIpc) is 2.49. The van der Waals surface area contributed by atoms with Crippen molar-refractivity contribution in [1.29, 1.82) is 0 Å². The van der Waals surface area contributed by atoms with Crippen molar-refractivity contribution in [1.82, 2.24) is 5.32 Å². The lowest BCUT2D eigenvalue weighted by Crippen LogP contribution is -2.26. The minimum atomic E-state index is -0.670. The molecule has 5 nitrogen and oxygen atoms in total. The summed E-state index contributed by atoms with van der Waals surface area (Å²) < 4.78 is 0. The molecule has 0 fully saturated rings. The molecule has 0 aliphatic heterocycles. The summed E-state index contributed by atoms with van der Waals surface area (Å²) in [5, 5.41) is 2.99. The Balaban J connectivity index is 0.00000264. The predicted molar refractivity (Wildman–Crippen MR) is 94.1 cm³/mol. The first-order valence-electron chi connectivity index (χ1n) is 6.70. The van der Waals surface area contributed by atoms with Gasteiger partial charge in [-0.25, -0.2) is 0 Å². The number of para-hydroxylation sites is 1. The number of rotatable bonds is 5. The van der Waals surface area contributed by atoms with Crippen LogP contribution in [0, 0.1) is 0 Å². The van der Waals surface area contributed by atoms with E-state index >= 15 is 0 Å². The fourth-order valence-electron chi connectivity index (χ4n) is 2.03. The summed E-state index contributed by atoms with van der Waals surface area (Å²) in [4.78, 5) is 23.3. The van der Waals surface area contributed by atoms with Gasteiger partial charge in [0, 0.05) is 17.8 Å². The smallest absolute Gasteiger partial charge is 0.251 e. The first-order chi connectivity index (χ1) is 10.5. The van der Waals surface area contributed by atoms with Gasteiger partial charge in [-0.05, 0) is 36.2 Å². The summed E-state index contributed by atoms with van der Waals surface area (Å²) in [6, 6.07) is 11.9. The highest BCUT2D eigenvalue weighted by molar-refractivity contribution is 6.34. The molecule has 0 radical (unpaired) electrons. The Morgan fingerprint density at radius 1 is 1.13 bits per heavy atom. The van der Waals surface area contributed by atoms with Gasteiger partial charge in [0.25, 0.3) is 5.91 Å². The second-order valence-corrected chi connectivity index (χ2v) is 5.17. The van der Waals surface area contributed by atoms with Crippen molar-refractivity contribution < 1.29 is 9.59 Å². The van der Waals surface area contributed by atoms with E-state index in [0.29, 0.717) is 24.2 Å². The molecule has 0 saturated heterocycles. The molecule has 0 bridgehead atoms. The molecule has 0 aliphatic carbocycles. The number of hydrogen-bond acceptors (Lipinski definition) is 3. The van der Waals surface area contributed by atoms with Crippen LogP contribution in [0.1, 0.15) is 26.3 Å². The molecular weight excluding hydrogens is 337 g/mol. The number of amides is 2. The normalized spacial score (nSPS) is 9.78. The van der Waals surface area contributed by atoms with Crippen molar-refractivity contribution in [2.45, 2.75) is 6.42 Å².